The van der Waals surface area contributed by atoms with Gasteiger partial charge >= 0.3 is 0 Å². The van der Waals surface area contributed by atoms with Crippen LogP contribution in [0.5, 0.6) is 5.75 Å². The number of H-pyrrole nitrogens is 1. The highest BCUT2D eigenvalue weighted by atomic mass is 16.5. The van der Waals surface area contributed by atoms with Gasteiger partial charge in [0, 0.05) is 23.7 Å². The molecule has 7 heteroatoms. The van der Waals surface area contributed by atoms with E-state index in [1.165, 1.54) is 10.2 Å². The number of hydrogen-bond acceptors (Lipinski definition) is 4. The van der Waals surface area contributed by atoms with Gasteiger partial charge in [-0.3, -0.25) is 19.7 Å². The summed E-state index contributed by atoms with van der Waals surface area (Å²) < 4.78 is 6.66. The van der Waals surface area contributed by atoms with Crippen molar-refractivity contribution in [1.29, 1.82) is 0 Å². The molecule has 0 aliphatic rings. The average Bonchev–Trinajstić information content (AvgIpc) is 3.20. The molecule has 7 nitrogen and oxygen atoms in total. The Morgan fingerprint density at radius 3 is 2.52 bits per heavy atom. The molecule has 0 spiro atoms. The second-order valence-corrected chi connectivity index (χ2v) is 7.90. The number of aromatic amines is 1. The molecule has 5 aromatic rings. The SMILES string of the molecule is COc1ccc(-n2[nH]c3c(cnc4ccc(C(=O)NCc5ccc(C)cc5)cc43)c2=O)cc1. The molecule has 0 bridgehead atoms. The molecule has 2 N–H and O–H groups in total. The smallest absolute Gasteiger partial charge is 0.280 e. The Labute approximate surface area is 189 Å². The zero-order chi connectivity index (χ0) is 22.9. The second-order valence-electron chi connectivity index (χ2n) is 7.90. The molecular formula is C26H22N4O3. The molecule has 0 aliphatic heterocycles. The number of carbonyl (C=O) groups excluding carboxylic acids is 1. The predicted octanol–water partition coefficient (Wildman–Crippen LogP) is 4.11. The molecule has 0 aliphatic carbocycles. The molecule has 33 heavy (non-hydrogen) atoms. The first-order valence-corrected chi connectivity index (χ1v) is 10.5. The van der Waals surface area contributed by atoms with Crippen LogP contribution in [0.4, 0.5) is 0 Å². The maximum Gasteiger partial charge on any atom is 0.280 e. The van der Waals surface area contributed by atoms with Crippen LogP contribution in [-0.2, 0) is 6.54 Å². The molecule has 0 fully saturated rings. The Hall–Kier alpha value is -4.39. The topological polar surface area (TPSA) is 89.0 Å². The van der Waals surface area contributed by atoms with Crippen molar-refractivity contribution in [2.75, 3.05) is 7.11 Å². The minimum atomic E-state index is -0.209. The highest BCUT2D eigenvalue weighted by molar-refractivity contribution is 6.06. The molecule has 5 rings (SSSR count). The van der Waals surface area contributed by atoms with Crippen molar-refractivity contribution in [3.8, 4) is 11.4 Å². The van der Waals surface area contributed by atoms with E-state index in [1.54, 1.807) is 55.8 Å². The minimum Gasteiger partial charge on any atom is -0.497 e. The monoisotopic (exact) mass is 438 g/mol. The number of amides is 1. The van der Waals surface area contributed by atoms with Crippen molar-refractivity contribution < 1.29 is 9.53 Å². The average molecular weight is 438 g/mol. The molecule has 2 aromatic heterocycles. The normalized spacial score (nSPS) is 11.1. The molecule has 0 saturated heterocycles. The number of hydrogen-bond donors (Lipinski definition) is 2. The van der Waals surface area contributed by atoms with E-state index in [-0.39, 0.29) is 11.5 Å². The molecule has 0 saturated carbocycles. The summed E-state index contributed by atoms with van der Waals surface area (Å²) in [7, 11) is 1.59. The maximum absolute atomic E-state index is 13.0. The van der Waals surface area contributed by atoms with E-state index in [0.29, 0.717) is 45.4 Å². The van der Waals surface area contributed by atoms with Crippen molar-refractivity contribution in [3.63, 3.8) is 0 Å². The summed E-state index contributed by atoms with van der Waals surface area (Å²) in [4.78, 5) is 30.2. The first kappa shape index (κ1) is 20.5. The number of aromatic nitrogens is 3. The van der Waals surface area contributed by atoms with Crippen molar-refractivity contribution in [3.05, 3.63) is 100.0 Å². The molecule has 2 heterocycles. The molecule has 0 unspecified atom stereocenters. The first-order valence-electron chi connectivity index (χ1n) is 10.5. The fourth-order valence-corrected chi connectivity index (χ4v) is 3.80. The Morgan fingerprint density at radius 2 is 1.79 bits per heavy atom. The van der Waals surface area contributed by atoms with Crippen LogP contribution in [0, 0.1) is 6.92 Å². The van der Waals surface area contributed by atoms with Gasteiger partial charge in [0.25, 0.3) is 11.5 Å². The number of nitrogens with one attached hydrogen (secondary N) is 2. The van der Waals surface area contributed by atoms with Gasteiger partial charge in [-0.2, -0.15) is 0 Å². The summed E-state index contributed by atoms with van der Waals surface area (Å²) in [6.45, 7) is 2.46. The van der Waals surface area contributed by atoms with Crippen LogP contribution in [0.3, 0.4) is 0 Å². The number of benzene rings is 3. The highest BCUT2D eigenvalue weighted by Crippen LogP contribution is 2.23. The Bertz CT molecular complexity index is 1530. The van der Waals surface area contributed by atoms with E-state index in [1.807, 2.05) is 31.2 Å². The third-order valence-electron chi connectivity index (χ3n) is 5.69. The number of carbonyl (C=O) groups is 1. The van der Waals surface area contributed by atoms with Gasteiger partial charge in [0.2, 0.25) is 0 Å². The van der Waals surface area contributed by atoms with Crippen LogP contribution < -0.4 is 15.6 Å². The van der Waals surface area contributed by atoms with Crippen LogP contribution >= 0.6 is 0 Å². The van der Waals surface area contributed by atoms with E-state index in [2.05, 4.69) is 15.4 Å². The van der Waals surface area contributed by atoms with Gasteiger partial charge in [-0.15, -0.1) is 0 Å². The molecule has 3 aromatic carbocycles. The van der Waals surface area contributed by atoms with Crippen LogP contribution in [0.2, 0.25) is 0 Å². The van der Waals surface area contributed by atoms with Crippen molar-refractivity contribution in [2.45, 2.75) is 13.5 Å². The summed E-state index contributed by atoms with van der Waals surface area (Å²) >= 11 is 0. The summed E-state index contributed by atoms with van der Waals surface area (Å²) in [5.41, 5.74) is 4.50. The van der Waals surface area contributed by atoms with Gasteiger partial charge < -0.3 is 10.1 Å². The Balaban J connectivity index is 1.50. The lowest BCUT2D eigenvalue weighted by atomic mass is 10.1. The Kier molecular flexibility index (Phi) is 5.14. The third-order valence-corrected chi connectivity index (χ3v) is 5.69. The third kappa shape index (κ3) is 3.85. The van der Waals surface area contributed by atoms with Crippen molar-refractivity contribution >= 4 is 27.7 Å². The number of fused-ring (bicyclic) bond motifs is 3. The fraction of sp³-hybridized carbons (Fsp3) is 0.115. The standard InChI is InChI=1S/C26H22N4O3/c1-16-3-5-17(6-4-16)14-28-25(31)18-7-12-23-21(13-18)24-22(15-27-23)26(32)30(29-24)19-8-10-20(33-2)11-9-19/h3-13,15,29H,14H2,1-2H3,(H,28,31). The summed E-state index contributed by atoms with van der Waals surface area (Å²) in [6.07, 6.45) is 1.56. The van der Waals surface area contributed by atoms with Crippen molar-refractivity contribution in [2.24, 2.45) is 0 Å². The maximum atomic E-state index is 13.0. The number of aryl methyl sites for hydroxylation is 1. The number of nitrogens with zero attached hydrogens (tertiary/aromatic N) is 2. The Morgan fingerprint density at radius 1 is 1.03 bits per heavy atom. The van der Waals surface area contributed by atoms with E-state index < -0.39 is 0 Å². The van der Waals surface area contributed by atoms with E-state index in [9.17, 15) is 9.59 Å². The second kappa shape index (κ2) is 8.27. The van der Waals surface area contributed by atoms with Crippen molar-refractivity contribution in [1.82, 2.24) is 20.1 Å². The van der Waals surface area contributed by atoms with E-state index >= 15 is 0 Å². The number of rotatable bonds is 5. The largest absolute Gasteiger partial charge is 0.497 e. The molecular weight excluding hydrogens is 416 g/mol. The van der Waals surface area contributed by atoms with Crippen LogP contribution in [0.1, 0.15) is 21.5 Å². The predicted molar refractivity (Wildman–Crippen MR) is 128 cm³/mol. The van der Waals surface area contributed by atoms with Crippen LogP contribution in [-0.4, -0.2) is 27.8 Å². The van der Waals surface area contributed by atoms with Gasteiger partial charge in [-0.25, -0.2) is 4.68 Å². The lowest BCUT2D eigenvalue weighted by Gasteiger charge is -2.07. The highest BCUT2D eigenvalue weighted by Gasteiger charge is 2.14. The molecule has 164 valence electrons. The summed E-state index contributed by atoms with van der Waals surface area (Å²) in [6, 6.07) is 20.5. The summed E-state index contributed by atoms with van der Waals surface area (Å²) in [5.74, 6) is 0.516. The van der Waals surface area contributed by atoms with Crippen LogP contribution in [0.15, 0.2) is 77.7 Å². The number of pyridine rings is 1. The molecule has 0 radical (unpaired) electrons. The minimum absolute atomic E-state index is 0.189. The fourth-order valence-electron chi connectivity index (χ4n) is 3.80. The quantitative estimate of drug-likeness (QED) is 0.432. The zero-order valence-corrected chi connectivity index (χ0v) is 18.3. The lowest BCUT2D eigenvalue weighted by molar-refractivity contribution is 0.0951. The number of ether oxygens (including phenoxy) is 1. The number of methoxy groups -OCH3 is 1. The molecule has 0 atom stereocenters. The molecule has 1 amide bonds. The first-order chi connectivity index (χ1) is 16.0. The summed E-state index contributed by atoms with van der Waals surface area (Å²) in [5, 5.41) is 7.30. The van der Waals surface area contributed by atoms with Gasteiger partial charge in [-0.05, 0) is 55.0 Å². The van der Waals surface area contributed by atoms with Gasteiger partial charge in [-0.1, -0.05) is 29.8 Å². The lowest BCUT2D eigenvalue weighted by Crippen LogP contribution is -2.22. The van der Waals surface area contributed by atoms with E-state index in [4.69, 9.17) is 4.74 Å². The van der Waals surface area contributed by atoms with E-state index in [0.717, 1.165) is 5.56 Å². The zero-order valence-electron chi connectivity index (χ0n) is 18.3. The van der Waals surface area contributed by atoms with Gasteiger partial charge in [0.1, 0.15) is 5.75 Å². The van der Waals surface area contributed by atoms with Gasteiger partial charge in [0.05, 0.1) is 29.2 Å². The van der Waals surface area contributed by atoms with Gasteiger partial charge in [0.15, 0.2) is 0 Å². The van der Waals surface area contributed by atoms with Crippen LogP contribution in [0.25, 0.3) is 27.5 Å².